The van der Waals surface area contributed by atoms with Crippen LogP contribution >= 0.6 is 0 Å². The number of rotatable bonds is 5. The minimum absolute atomic E-state index is 0.0117. The minimum atomic E-state index is 0.0117. The molecule has 28 heavy (non-hydrogen) atoms. The van der Waals surface area contributed by atoms with E-state index in [9.17, 15) is 4.79 Å². The Balaban J connectivity index is 1.36. The van der Waals surface area contributed by atoms with Gasteiger partial charge in [0.25, 0.3) is 0 Å². The maximum atomic E-state index is 12.3. The van der Waals surface area contributed by atoms with Gasteiger partial charge in [0.15, 0.2) is 5.82 Å². The summed E-state index contributed by atoms with van der Waals surface area (Å²) in [6.45, 7) is 3.19. The first-order chi connectivity index (χ1) is 13.7. The Bertz CT molecular complexity index is 931. The van der Waals surface area contributed by atoms with Crippen LogP contribution in [0.3, 0.4) is 0 Å². The van der Waals surface area contributed by atoms with Gasteiger partial charge in [-0.3, -0.25) is 9.36 Å². The maximum absolute atomic E-state index is 12.3. The SMILES string of the molecule is Cc1nccn1-c1ccc(Oc2ccc(NC(=O)C3CCOCC3)cc2)nn1. The number of imidazole rings is 1. The third kappa shape index (κ3) is 4.17. The van der Waals surface area contributed by atoms with Crippen LogP contribution in [0.15, 0.2) is 48.8 Å². The zero-order valence-electron chi connectivity index (χ0n) is 15.5. The number of anilines is 1. The van der Waals surface area contributed by atoms with Gasteiger partial charge in [-0.1, -0.05) is 0 Å². The molecule has 4 rings (SSSR count). The predicted molar refractivity (Wildman–Crippen MR) is 103 cm³/mol. The van der Waals surface area contributed by atoms with E-state index >= 15 is 0 Å². The van der Waals surface area contributed by atoms with Crippen molar-refractivity contribution in [3.63, 3.8) is 0 Å². The molecule has 3 heterocycles. The third-order valence-electron chi connectivity index (χ3n) is 4.63. The normalized spacial score (nSPS) is 14.6. The van der Waals surface area contributed by atoms with E-state index < -0.39 is 0 Å². The molecular weight excluding hydrogens is 358 g/mol. The molecule has 0 unspecified atom stereocenters. The van der Waals surface area contributed by atoms with Crippen molar-refractivity contribution < 1.29 is 14.3 Å². The second-order valence-corrected chi connectivity index (χ2v) is 6.58. The molecule has 0 bridgehead atoms. The fraction of sp³-hybridized carbons (Fsp3) is 0.300. The molecule has 2 aromatic heterocycles. The van der Waals surface area contributed by atoms with E-state index in [0.29, 0.717) is 30.7 Å². The molecule has 8 heteroatoms. The number of ether oxygens (including phenoxy) is 2. The zero-order valence-corrected chi connectivity index (χ0v) is 15.5. The van der Waals surface area contributed by atoms with Crippen molar-refractivity contribution in [2.24, 2.45) is 5.92 Å². The first-order valence-electron chi connectivity index (χ1n) is 9.19. The molecule has 0 aliphatic carbocycles. The monoisotopic (exact) mass is 379 g/mol. The molecule has 1 saturated heterocycles. The van der Waals surface area contributed by atoms with Crippen LogP contribution in [0.5, 0.6) is 11.6 Å². The van der Waals surface area contributed by atoms with Crippen molar-refractivity contribution >= 4 is 11.6 Å². The maximum Gasteiger partial charge on any atom is 0.238 e. The average Bonchev–Trinajstić information content (AvgIpc) is 3.16. The Labute approximate surface area is 162 Å². The molecule has 0 atom stereocenters. The number of hydrogen-bond donors (Lipinski definition) is 1. The Morgan fingerprint density at radius 3 is 2.57 bits per heavy atom. The molecule has 1 fully saturated rings. The van der Waals surface area contributed by atoms with E-state index in [1.165, 1.54) is 0 Å². The quantitative estimate of drug-likeness (QED) is 0.732. The van der Waals surface area contributed by atoms with Crippen LogP contribution in [0.4, 0.5) is 5.69 Å². The van der Waals surface area contributed by atoms with Gasteiger partial charge >= 0.3 is 0 Å². The molecule has 144 valence electrons. The molecule has 0 spiro atoms. The Morgan fingerprint density at radius 2 is 1.93 bits per heavy atom. The lowest BCUT2D eigenvalue weighted by Gasteiger charge is -2.21. The van der Waals surface area contributed by atoms with Crippen LogP contribution < -0.4 is 10.1 Å². The number of carbonyl (C=O) groups excluding carboxylic acids is 1. The van der Waals surface area contributed by atoms with Gasteiger partial charge in [0.1, 0.15) is 11.6 Å². The van der Waals surface area contributed by atoms with Crippen LogP contribution in [-0.2, 0) is 9.53 Å². The average molecular weight is 379 g/mol. The molecule has 3 aromatic rings. The lowest BCUT2D eigenvalue weighted by Crippen LogP contribution is -2.28. The van der Waals surface area contributed by atoms with E-state index in [2.05, 4.69) is 20.5 Å². The minimum Gasteiger partial charge on any atom is -0.438 e. The molecule has 1 N–H and O–H groups in total. The highest BCUT2D eigenvalue weighted by molar-refractivity contribution is 5.92. The predicted octanol–water partition coefficient (Wildman–Crippen LogP) is 3.13. The largest absolute Gasteiger partial charge is 0.438 e. The summed E-state index contributed by atoms with van der Waals surface area (Å²) < 4.78 is 12.9. The van der Waals surface area contributed by atoms with Crippen LogP contribution in [0, 0.1) is 12.8 Å². The number of aryl methyl sites for hydroxylation is 1. The van der Waals surface area contributed by atoms with E-state index in [1.54, 1.807) is 24.4 Å². The molecule has 8 nitrogen and oxygen atoms in total. The number of carbonyl (C=O) groups is 1. The summed E-state index contributed by atoms with van der Waals surface area (Å²) in [5.74, 6) is 2.56. The van der Waals surface area contributed by atoms with Crippen LogP contribution in [0.25, 0.3) is 5.82 Å². The van der Waals surface area contributed by atoms with E-state index in [1.807, 2.05) is 35.9 Å². The second kappa shape index (κ2) is 8.18. The summed E-state index contributed by atoms with van der Waals surface area (Å²) in [6.07, 6.45) is 5.07. The fourth-order valence-corrected chi connectivity index (χ4v) is 3.05. The number of amides is 1. The van der Waals surface area contributed by atoms with Crippen molar-refractivity contribution in [3.05, 3.63) is 54.6 Å². The van der Waals surface area contributed by atoms with Crippen LogP contribution in [-0.4, -0.2) is 38.9 Å². The topological polar surface area (TPSA) is 91.2 Å². The van der Waals surface area contributed by atoms with Crippen LogP contribution in [0.1, 0.15) is 18.7 Å². The summed E-state index contributed by atoms with van der Waals surface area (Å²) in [5.41, 5.74) is 0.737. The molecule has 1 aromatic carbocycles. The lowest BCUT2D eigenvalue weighted by atomic mass is 9.99. The van der Waals surface area contributed by atoms with Crippen LogP contribution in [0.2, 0.25) is 0 Å². The van der Waals surface area contributed by atoms with Crippen molar-refractivity contribution in [1.82, 2.24) is 19.7 Å². The summed E-state index contributed by atoms with van der Waals surface area (Å²) in [5, 5.41) is 11.2. The second-order valence-electron chi connectivity index (χ2n) is 6.58. The molecular formula is C20H21N5O3. The fourth-order valence-electron chi connectivity index (χ4n) is 3.05. The summed E-state index contributed by atoms with van der Waals surface area (Å²) in [6, 6.07) is 10.8. The summed E-state index contributed by atoms with van der Waals surface area (Å²) in [4.78, 5) is 16.4. The summed E-state index contributed by atoms with van der Waals surface area (Å²) >= 11 is 0. The number of nitrogens with zero attached hydrogens (tertiary/aromatic N) is 4. The smallest absolute Gasteiger partial charge is 0.238 e. The molecule has 1 aliphatic rings. The Morgan fingerprint density at radius 1 is 1.14 bits per heavy atom. The van der Waals surface area contributed by atoms with Crippen molar-refractivity contribution in [2.45, 2.75) is 19.8 Å². The number of benzene rings is 1. The van der Waals surface area contributed by atoms with E-state index in [-0.39, 0.29) is 11.8 Å². The Kier molecular flexibility index (Phi) is 5.29. The summed E-state index contributed by atoms with van der Waals surface area (Å²) in [7, 11) is 0. The van der Waals surface area contributed by atoms with E-state index in [4.69, 9.17) is 9.47 Å². The van der Waals surface area contributed by atoms with Crippen molar-refractivity contribution in [1.29, 1.82) is 0 Å². The zero-order chi connectivity index (χ0) is 19.3. The van der Waals surface area contributed by atoms with Gasteiger partial charge in [-0.25, -0.2) is 4.98 Å². The molecule has 0 saturated carbocycles. The third-order valence-corrected chi connectivity index (χ3v) is 4.63. The highest BCUT2D eigenvalue weighted by atomic mass is 16.5. The van der Waals surface area contributed by atoms with Gasteiger partial charge < -0.3 is 14.8 Å². The molecule has 1 aliphatic heterocycles. The number of hydrogen-bond acceptors (Lipinski definition) is 6. The van der Waals surface area contributed by atoms with Crippen molar-refractivity contribution in [2.75, 3.05) is 18.5 Å². The van der Waals surface area contributed by atoms with Gasteiger partial charge in [0, 0.05) is 43.3 Å². The first-order valence-corrected chi connectivity index (χ1v) is 9.19. The number of nitrogens with one attached hydrogen (secondary N) is 1. The molecule has 1 amide bonds. The Hall–Kier alpha value is -3.26. The standard InChI is InChI=1S/C20H21N5O3/c1-14-21-10-11-25(14)18-6-7-19(24-23-18)28-17-4-2-16(3-5-17)22-20(26)15-8-12-27-13-9-15/h2-7,10-11,15H,8-9,12-13H2,1H3,(H,22,26). The van der Waals surface area contributed by atoms with Gasteiger partial charge in [0.05, 0.1) is 0 Å². The van der Waals surface area contributed by atoms with Gasteiger partial charge in [0.2, 0.25) is 11.8 Å². The number of aromatic nitrogens is 4. The highest BCUT2D eigenvalue weighted by Gasteiger charge is 2.21. The van der Waals surface area contributed by atoms with Gasteiger partial charge in [-0.2, -0.15) is 0 Å². The van der Waals surface area contributed by atoms with E-state index in [0.717, 1.165) is 24.4 Å². The van der Waals surface area contributed by atoms with Crippen molar-refractivity contribution in [3.8, 4) is 17.4 Å². The first kappa shape index (κ1) is 18.1. The van der Waals surface area contributed by atoms with Gasteiger partial charge in [-0.05, 0) is 50.1 Å². The van der Waals surface area contributed by atoms with Gasteiger partial charge in [-0.15, -0.1) is 10.2 Å². The lowest BCUT2D eigenvalue weighted by molar-refractivity contribution is -0.122. The highest BCUT2D eigenvalue weighted by Crippen LogP contribution is 2.23. The molecule has 0 radical (unpaired) electrons.